The molecule has 0 bridgehead atoms. The van der Waals surface area contributed by atoms with Gasteiger partial charge in [0.1, 0.15) is 5.82 Å². The van der Waals surface area contributed by atoms with Crippen LogP contribution in [0, 0.1) is 23.6 Å². The second-order valence-electron chi connectivity index (χ2n) is 5.90. The highest BCUT2D eigenvalue weighted by molar-refractivity contribution is 5.38. The number of aliphatic hydroxyl groups excluding tert-OH is 1. The van der Waals surface area contributed by atoms with Crippen molar-refractivity contribution in [3.63, 3.8) is 0 Å². The molecule has 0 aliphatic carbocycles. The molecule has 1 fully saturated rings. The summed E-state index contributed by atoms with van der Waals surface area (Å²) in [5.74, 6) is 6.12. The molecule has 0 radical (unpaired) electrons. The summed E-state index contributed by atoms with van der Waals surface area (Å²) in [6.45, 7) is 5.43. The van der Waals surface area contributed by atoms with Gasteiger partial charge in [0.25, 0.3) is 0 Å². The van der Waals surface area contributed by atoms with Gasteiger partial charge in [-0.15, -0.1) is 0 Å². The molecule has 1 saturated heterocycles. The number of likely N-dealkylation sites (tertiary alicyclic amines) is 1. The third kappa shape index (κ3) is 5.15. The maximum Gasteiger partial charge on any atom is 0.138 e. The lowest BCUT2D eigenvalue weighted by Crippen LogP contribution is -2.24. The average molecular weight is 289 g/mol. The van der Waals surface area contributed by atoms with E-state index in [0.29, 0.717) is 12.0 Å². The van der Waals surface area contributed by atoms with E-state index in [0.717, 1.165) is 31.1 Å². The van der Waals surface area contributed by atoms with E-state index in [4.69, 9.17) is 5.11 Å². The van der Waals surface area contributed by atoms with Gasteiger partial charge in [-0.1, -0.05) is 24.8 Å². The number of aliphatic hydroxyl groups is 1. The van der Waals surface area contributed by atoms with Crippen molar-refractivity contribution >= 4 is 0 Å². The van der Waals surface area contributed by atoms with Gasteiger partial charge in [-0.3, -0.25) is 4.90 Å². The fourth-order valence-corrected chi connectivity index (χ4v) is 2.72. The van der Waals surface area contributed by atoms with Gasteiger partial charge in [0.05, 0.1) is 12.2 Å². The molecule has 1 aromatic rings. The largest absolute Gasteiger partial charge is 0.395 e. The Morgan fingerprint density at radius 1 is 1.33 bits per heavy atom. The van der Waals surface area contributed by atoms with Crippen LogP contribution < -0.4 is 0 Å². The highest BCUT2D eigenvalue weighted by Crippen LogP contribution is 2.19. The third-order valence-electron chi connectivity index (χ3n) is 4.01. The molecule has 0 spiro atoms. The first kappa shape index (κ1) is 16.0. The standard InChI is InChI=1S/C18H24FNO/c1-15-5-4-10-20(11-9-15)14-16-7-8-18(19)17(13-16)6-2-3-12-21/h7-8,13,15,21H,3-5,9-12,14H2,1H3. The topological polar surface area (TPSA) is 23.5 Å². The molecule has 2 rings (SSSR count). The molecule has 0 amide bonds. The molecule has 1 aliphatic rings. The maximum atomic E-state index is 13.7. The minimum absolute atomic E-state index is 0.0142. The highest BCUT2D eigenvalue weighted by Gasteiger charge is 2.14. The summed E-state index contributed by atoms with van der Waals surface area (Å²) in [4.78, 5) is 2.45. The predicted octanol–water partition coefficient (Wildman–Crippen LogP) is 3.18. The molecular weight excluding hydrogens is 265 g/mol. The Kier molecular flexibility index (Phi) is 6.22. The van der Waals surface area contributed by atoms with Crippen LogP contribution in [-0.4, -0.2) is 29.7 Å². The molecule has 1 heterocycles. The summed E-state index contributed by atoms with van der Waals surface area (Å²) in [6, 6.07) is 5.19. The lowest BCUT2D eigenvalue weighted by molar-refractivity contribution is 0.273. The number of hydrogen-bond donors (Lipinski definition) is 1. The Morgan fingerprint density at radius 3 is 3.00 bits per heavy atom. The first-order valence-electron chi connectivity index (χ1n) is 7.79. The molecule has 1 aliphatic heterocycles. The Bertz CT molecular complexity index is 518. The molecule has 1 atom stereocenters. The summed E-state index contributed by atoms with van der Waals surface area (Å²) >= 11 is 0. The second kappa shape index (κ2) is 8.17. The van der Waals surface area contributed by atoms with Crippen LogP contribution in [0.5, 0.6) is 0 Å². The van der Waals surface area contributed by atoms with Gasteiger partial charge in [-0.25, -0.2) is 4.39 Å². The first-order valence-corrected chi connectivity index (χ1v) is 7.79. The second-order valence-corrected chi connectivity index (χ2v) is 5.90. The molecular formula is C18H24FNO. The van der Waals surface area contributed by atoms with Crippen LogP contribution in [0.25, 0.3) is 0 Å². The van der Waals surface area contributed by atoms with E-state index in [2.05, 4.69) is 23.7 Å². The van der Waals surface area contributed by atoms with Crippen LogP contribution in [-0.2, 0) is 6.54 Å². The molecule has 21 heavy (non-hydrogen) atoms. The van der Waals surface area contributed by atoms with E-state index < -0.39 is 0 Å². The van der Waals surface area contributed by atoms with E-state index in [-0.39, 0.29) is 12.4 Å². The van der Waals surface area contributed by atoms with Crippen molar-refractivity contribution in [2.24, 2.45) is 5.92 Å². The number of nitrogens with zero attached hydrogens (tertiary/aromatic N) is 1. The van der Waals surface area contributed by atoms with Crippen molar-refractivity contribution in [1.82, 2.24) is 4.90 Å². The van der Waals surface area contributed by atoms with Crippen molar-refractivity contribution in [3.05, 3.63) is 35.1 Å². The van der Waals surface area contributed by atoms with Gasteiger partial charge < -0.3 is 5.11 Å². The summed E-state index contributed by atoms with van der Waals surface area (Å²) in [6.07, 6.45) is 4.17. The molecule has 1 N–H and O–H groups in total. The van der Waals surface area contributed by atoms with Crippen molar-refractivity contribution in [2.75, 3.05) is 19.7 Å². The van der Waals surface area contributed by atoms with Crippen molar-refractivity contribution < 1.29 is 9.50 Å². The summed E-state index contributed by atoms with van der Waals surface area (Å²) in [7, 11) is 0. The minimum Gasteiger partial charge on any atom is -0.395 e. The summed E-state index contributed by atoms with van der Waals surface area (Å²) < 4.78 is 13.7. The Morgan fingerprint density at radius 2 is 2.19 bits per heavy atom. The molecule has 0 aromatic heterocycles. The van der Waals surface area contributed by atoms with Gasteiger partial charge in [-0.2, -0.15) is 0 Å². The normalized spacial score (nSPS) is 19.7. The van der Waals surface area contributed by atoms with Gasteiger partial charge in [0, 0.05) is 13.0 Å². The number of hydrogen-bond acceptors (Lipinski definition) is 2. The molecule has 2 nitrogen and oxygen atoms in total. The van der Waals surface area contributed by atoms with Crippen LogP contribution >= 0.6 is 0 Å². The van der Waals surface area contributed by atoms with Gasteiger partial charge >= 0.3 is 0 Å². The zero-order valence-electron chi connectivity index (χ0n) is 12.7. The molecule has 1 aromatic carbocycles. The Balaban J connectivity index is 2.03. The van der Waals surface area contributed by atoms with Crippen LogP contribution in [0.3, 0.4) is 0 Å². The van der Waals surface area contributed by atoms with Crippen molar-refractivity contribution in [2.45, 2.75) is 39.2 Å². The van der Waals surface area contributed by atoms with Gasteiger partial charge in [0.15, 0.2) is 0 Å². The lowest BCUT2D eigenvalue weighted by atomic mass is 10.0. The van der Waals surface area contributed by atoms with Crippen molar-refractivity contribution in [1.29, 1.82) is 0 Å². The summed E-state index contributed by atoms with van der Waals surface area (Å²) in [5, 5.41) is 8.73. The van der Waals surface area contributed by atoms with E-state index >= 15 is 0 Å². The smallest absolute Gasteiger partial charge is 0.138 e. The predicted molar refractivity (Wildman–Crippen MR) is 83.3 cm³/mol. The van der Waals surface area contributed by atoms with E-state index in [1.54, 1.807) is 0 Å². The first-order chi connectivity index (χ1) is 10.2. The minimum atomic E-state index is -0.284. The number of rotatable bonds is 3. The SMILES string of the molecule is CC1CCCN(Cc2ccc(F)c(C#CCCO)c2)CC1. The Labute approximate surface area is 127 Å². The van der Waals surface area contributed by atoms with E-state index in [1.165, 1.54) is 25.3 Å². The fourth-order valence-electron chi connectivity index (χ4n) is 2.72. The van der Waals surface area contributed by atoms with Crippen molar-refractivity contribution in [3.8, 4) is 11.8 Å². The quantitative estimate of drug-likeness (QED) is 0.864. The third-order valence-corrected chi connectivity index (χ3v) is 4.01. The number of benzene rings is 1. The molecule has 0 saturated carbocycles. The molecule has 114 valence electrons. The molecule has 3 heteroatoms. The average Bonchev–Trinajstić information content (AvgIpc) is 2.67. The maximum absolute atomic E-state index is 13.7. The summed E-state index contributed by atoms with van der Waals surface area (Å²) in [5.41, 5.74) is 1.54. The van der Waals surface area contributed by atoms with Crippen LogP contribution in [0.15, 0.2) is 18.2 Å². The zero-order chi connectivity index (χ0) is 15.1. The van der Waals surface area contributed by atoms with Crippen LogP contribution in [0.1, 0.15) is 43.7 Å². The van der Waals surface area contributed by atoms with Crippen LogP contribution in [0.2, 0.25) is 0 Å². The van der Waals surface area contributed by atoms with Gasteiger partial charge in [0.2, 0.25) is 0 Å². The Hall–Kier alpha value is -1.37. The van der Waals surface area contributed by atoms with E-state index in [1.807, 2.05) is 12.1 Å². The van der Waals surface area contributed by atoms with Gasteiger partial charge in [-0.05, 0) is 56.0 Å². The number of halogens is 1. The van der Waals surface area contributed by atoms with E-state index in [9.17, 15) is 4.39 Å². The monoisotopic (exact) mass is 289 g/mol. The molecule has 1 unspecified atom stereocenters. The fraction of sp³-hybridized carbons (Fsp3) is 0.556. The van der Waals surface area contributed by atoms with Crippen LogP contribution in [0.4, 0.5) is 4.39 Å². The lowest BCUT2D eigenvalue weighted by Gasteiger charge is -2.20. The zero-order valence-corrected chi connectivity index (χ0v) is 12.7. The highest BCUT2D eigenvalue weighted by atomic mass is 19.1.